The molecule has 1 unspecified atom stereocenters. The molecule has 0 bridgehead atoms. The van der Waals surface area contributed by atoms with Gasteiger partial charge in [-0.25, -0.2) is 0 Å². The maximum atomic E-state index is 12.4. The first-order valence-electron chi connectivity index (χ1n) is 5.68. The van der Waals surface area contributed by atoms with Crippen molar-refractivity contribution in [2.24, 2.45) is 11.1 Å². The molecule has 0 aliphatic rings. The Morgan fingerprint density at radius 3 is 1.94 bits per heavy atom. The minimum Gasteiger partial charge on any atom is -0.489 e. The van der Waals surface area contributed by atoms with E-state index in [1.807, 2.05) is 20.8 Å². The van der Waals surface area contributed by atoms with Crippen LogP contribution in [0.5, 0.6) is 5.75 Å². The summed E-state index contributed by atoms with van der Waals surface area (Å²) >= 11 is 0. The van der Waals surface area contributed by atoms with Crippen LogP contribution in [0.15, 0.2) is 24.3 Å². The van der Waals surface area contributed by atoms with E-state index in [0.29, 0.717) is 12.3 Å². The van der Waals surface area contributed by atoms with Crippen LogP contribution in [0.4, 0.5) is 13.2 Å². The fourth-order valence-electron chi connectivity index (χ4n) is 1.47. The second kappa shape index (κ2) is 5.18. The minimum atomic E-state index is -4.32. The van der Waals surface area contributed by atoms with Gasteiger partial charge in [-0.3, -0.25) is 0 Å². The van der Waals surface area contributed by atoms with E-state index in [0.717, 1.165) is 12.1 Å². The molecule has 0 saturated heterocycles. The van der Waals surface area contributed by atoms with E-state index in [1.54, 1.807) is 0 Å². The number of ether oxygens (including phenoxy) is 1. The first-order valence-corrected chi connectivity index (χ1v) is 5.68. The molecule has 0 saturated carbocycles. The molecule has 18 heavy (non-hydrogen) atoms. The molecule has 0 heterocycles. The zero-order valence-electron chi connectivity index (χ0n) is 10.7. The summed E-state index contributed by atoms with van der Waals surface area (Å²) in [6.07, 6.45) is -4.57. The van der Waals surface area contributed by atoms with Gasteiger partial charge >= 0.3 is 6.18 Å². The zero-order chi connectivity index (χ0) is 14.0. The monoisotopic (exact) mass is 261 g/mol. The van der Waals surface area contributed by atoms with Crippen molar-refractivity contribution in [3.05, 3.63) is 29.8 Å². The first kappa shape index (κ1) is 14.8. The van der Waals surface area contributed by atoms with Gasteiger partial charge in [0.15, 0.2) is 0 Å². The molecule has 2 nitrogen and oxygen atoms in total. The van der Waals surface area contributed by atoms with Gasteiger partial charge in [-0.2, -0.15) is 13.2 Å². The predicted molar refractivity (Wildman–Crippen MR) is 64.4 cm³/mol. The third kappa shape index (κ3) is 3.91. The van der Waals surface area contributed by atoms with E-state index in [9.17, 15) is 13.2 Å². The number of benzene rings is 1. The van der Waals surface area contributed by atoms with E-state index < -0.39 is 11.7 Å². The largest absolute Gasteiger partial charge is 0.489 e. The lowest BCUT2D eigenvalue weighted by Crippen LogP contribution is -2.38. The Bertz CT molecular complexity index is 379. The normalized spacial score (nSPS) is 14.4. The summed E-state index contributed by atoms with van der Waals surface area (Å²) in [6, 6.07) is 4.64. The van der Waals surface area contributed by atoms with Crippen molar-refractivity contribution in [2.45, 2.75) is 33.1 Å². The molecule has 102 valence electrons. The lowest BCUT2D eigenvalue weighted by molar-refractivity contribution is -0.137. The van der Waals surface area contributed by atoms with Crippen LogP contribution >= 0.6 is 0 Å². The number of hydrogen-bond acceptors (Lipinski definition) is 2. The van der Waals surface area contributed by atoms with Crippen LogP contribution in [-0.4, -0.2) is 12.6 Å². The Morgan fingerprint density at radius 1 is 1.11 bits per heavy atom. The summed E-state index contributed by atoms with van der Waals surface area (Å²) < 4.78 is 42.7. The zero-order valence-corrected chi connectivity index (χ0v) is 10.7. The Hall–Kier alpha value is -1.23. The highest BCUT2D eigenvalue weighted by molar-refractivity contribution is 5.29. The van der Waals surface area contributed by atoms with Crippen LogP contribution in [0, 0.1) is 5.41 Å². The molecular formula is C13H18F3NO. The fraction of sp³-hybridized carbons (Fsp3) is 0.538. The van der Waals surface area contributed by atoms with Crippen molar-refractivity contribution in [1.82, 2.24) is 0 Å². The Labute approximate surface area is 105 Å². The highest BCUT2D eigenvalue weighted by Gasteiger charge is 2.30. The third-order valence-electron chi connectivity index (χ3n) is 2.64. The van der Waals surface area contributed by atoms with Crippen LogP contribution in [0.25, 0.3) is 0 Å². The van der Waals surface area contributed by atoms with Crippen molar-refractivity contribution >= 4 is 0 Å². The van der Waals surface area contributed by atoms with E-state index in [1.165, 1.54) is 12.1 Å². The molecule has 0 amide bonds. The number of nitrogens with two attached hydrogens (primary N) is 1. The van der Waals surface area contributed by atoms with Crippen molar-refractivity contribution < 1.29 is 17.9 Å². The van der Waals surface area contributed by atoms with E-state index in [4.69, 9.17) is 10.5 Å². The summed E-state index contributed by atoms with van der Waals surface area (Å²) in [5, 5.41) is 0. The summed E-state index contributed by atoms with van der Waals surface area (Å²) in [6.45, 7) is 6.21. The quantitative estimate of drug-likeness (QED) is 0.904. The van der Waals surface area contributed by atoms with Gasteiger partial charge < -0.3 is 10.5 Å². The Morgan fingerprint density at radius 2 is 1.61 bits per heavy atom. The maximum absolute atomic E-state index is 12.4. The fourth-order valence-corrected chi connectivity index (χ4v) is 1.47. The molecule has 1 rings (SSSR count). The first-order chi connectivity index (χ1) is 8.14. The predicted octanol–water partition coefficient (Wildman–Crippen LogP) is 3.46. The van der Waals surface area contributed by atoms with Crippen molar-refractivity contribution in [2.75, 3.05) is 6.54 Å². The number of rotatable bonds is 3. The molecular weight excluding hydrogens is 243 g/mol. The average molecular weight is 261 g/mol. The van der Waals surface area contributed by atoms with Crippen molar-refractivity contribution in [1.29, 1.82) is 0 Å². The maximum Gasteiger partial charge on any atom is 0.416 e. The van der Waals surface area contributed by atoms with Gasteiger partial charge in [-0.05, 0) is 24.3 Å². The SMILES string of the molecule is CC(C)(C)C(CN)Oc1ccc(C(F)(F)F)cc1. The van der Waals surface area contributed by atoms with Crippen LogP contribution in [0.1, 0.15) is 26.3 Å². The van der Waals surface area contributed by atoms with E-state index in [2.05, 4.69) is 0 Å². The minimum absolute atomic E-state index is 0.169. The lowest BCUT2D eigenvalue weighted by Gasteiger charge is -2.30. The summed E-state index contributed by atoms with van der Waals surface area (Å²) in [7, 11) is 0. The molecule has 5 heteroatoms. The molecule has 1 aromatic carbocycles. The highest BCUT2D eigenvalue weighted by atomic mass is 19.4. The topological polar surface area (TPSA) is 35.2 Å². The molecule has 2 N–H and O–H groups in total. The Kier molecular flexibility index (Phi) is 4.27. The van der Waals surface area contributed by atoms with Crippen molar-refractivity contribution in [3.63, 3.8) is 0 Å². The van der Waals surface area contributed by atoms with Gasteiger partial charge in [0.25, 0.3) is 0 Å². The van der Waals surface area contributed by atoms with Crippen molar-refractivity contribution in [3.8, 4) is 5.75 Å². The summed E-state index contributed by atoms with van der Waals surface area (Å²) in [5.41, 5.74) is 4.75. The number of halogens is 3. The van der Waals surface area contributed by atoms with Gasteiger partial charge in [0.2, 0.25) is 0 Å². The Balaban J connectivity index is 2.81. The van der Waals surface area contributed by atoms with Gasteiger partial charge in [0.05, 0.1) is 5.56 Å². The van der Waals surface area contributed by atoms with Crippen LogP contribution in [0.3, 0.4) is 0 Å². The summed E-state index contributed by atoms with van der Waals surface area (Å²) in [4.78, 5) is 0. The molecule has 0 aliphatic heterocycles. The highest BCUT2D eigenvalue weighted by Crippen LogP contribution is 2.31. The smallest absolute Gasteiger partial charge is 0.416 e. The second-order valence-corrected chi connectivity index (χ2v) is 5.23. The van der Waals surface area contributed by atoms with Gasteiger partial charge in [-0.15, -0.1) is 0 Å². The molecule has 0 spiro atoms. The second-order valence-electron chi connectivity index (χ2n) is 5.23. The van der Waals surface area contributed by atoms with E-state index in [-0.39, 0.29) is 11.5 Å². The van der Waals surface area contributed by atoms with Crippen LogP contribution in [-0.2, 0) is 6.18 Å². The number of hydrogen-bond donors (Lipinski definition) is 1. The average Bonchev–Trinajstić information content (AvgIpc) is 2.23. The van der Waals surface area contributed by atoms with Crippen LogP contribution < -0.4 is 10.5 Å². The molecule has 0 aliphatic carbocycles. The summed E-state index contributed by atoms with van der Waals surface area (Å²) in [5.74, 6) is 0.397. The molecule has 1 atom stereocenters. The molecule has 0 fully saturated rings. The molecule has 0 radical (unpaired) electrons. The number of alkyl halides is 3. The molecule has 0 aromatic heterocycles. The molecule has 1 aromatic rings. The van der Waals surface area contributed by atoms with Crippen LogP contribution in [0.2, 0.25) is 0 Å². The van der Waals surface area contributed by atoms with Gasteiger partial charge in [0, 0.05) is 12.0 Å². The lowest BCUT2D eigenvalue weighted by atomic mass is 9.89. The van der Waals surface area contributed by atoms with E-state index >= 15 is 0 Å². The standard InChI is InChI=1S/C13H18F3NO/c1-12(2,3)11(8-17)18-10-6-4-9(5-7-10)13(14,15)16/h4-7,11H,8,17H2,1-3H3. The van der Waals surface area contributed by atoms with Gasteiger partial charge in [-0.1, -0.05) is 20.8 Å². The van der Waals surface area contributed by atoms with Gasteiger partial charge in [0.1, 0.15) is 11.9 Å². The third-order valence-corrected chi connectivity index (χ3v) is 2.64.